The molecule has 0 aliphatic carbocycles. The van der Waals surface area contributed by atoms with E-state index in [1.807, 2.05) is 24.3 Å². The third kappa shape index (κ3) is 5.32. The van der Waals surface area contributed by atoms with Crippen LogP contribution in [-0.4, -0.2) is 49.0 Å². The summed E-state index contributed by atoms with van der Waals surface area (Å²) in [5, 5.41) is 8.57. The molecule has 21 heavy (non-hydrogen) atoms. The van der Waals surface area contributed by atoms with E-state index >= 15 is 0 Å². The van der Waals surface area contributed by atoms with Crippen LogP contribution in [0.4, 0.5) is 0 Å². The topological polar surface area (TPSA) is 74.7 Å². The van der Waals surface area contributed by atoms with Crippen LogP contribution in [0.25, 0.3) is 6.08 Å². The van der Waals surface area contributed by atoms with E-state index in [1.165, 1.54) is 0 Å². The molecule has 1 aromatic rings. The third-order valence-electron chi connectivity index (χ3n) is 3.45. The second kappa shape index (κ2) is 6.87. The van der Waals surface area contributed by atoms with E-state index in [-0.39, 0.29) is 11.5 Å². The summed E-state index contributed by atoms with van der Waals surface area (Å²) < 4.78 is 23.1. The number of aliphatic carboxylic acids is 1. The predicted octanol–water partition coefficient (Wildman–Crippen LogP) is 1.40. The van der Waals surface area contributed by atoms with E-state index in [4.69, 9.17) is 5.11 Å². The molecule has 1 aromatic carbocycles. The maximum absolute atomic E-state index is 11.6. The van der Waals surface area contributed by atoms with Crippen LogP contribution in [0.3, 0.4) is 0 Å². The SMILES string of the molecule is O=C(O)/C=C/c1ccc(CN2CCCS(=O)(=O)CC2)cc1. The van der Waals surface area contributed by atoms with Crippen LogP contribution in [0.1, 0.15) is 17.5 Å². The van der Waals surface area contributed by atoms with Gasteiger partial charge in [0.05, 0.1) is 11.5 Å². The number of sulfone groups is 1. The van der Waals surface area contributed by atoms with Crippen molar-refractivity contribution in [2.45, 2.75) is 13.0 Å². The summed E-state index contributed by atoms with van der Waals surface area (Å²) in [4.78, 5) is 12.6. The summed E-state index contributed by atoms with van der Waals surface area (Å²) in [6.45, 7) is 2.08. The Hall–Kier alpha value is -1.66. The van der Waals surface area contributed by atoms with Crippen LogP contribution < -0.4 is 0 Å². The van der Waals surface area contributed by atoms with Crippen molar-refractivity contribution in [2.24, 2.45) is 0 Å². The minimum Gasteiger partial charge on any atom is -0.478 e. The van der Waals surface area contributed by atoms with E-state index in [1.54, 1.807) is 6.08 Å². The molecule has 114 valence electrons. The zero-order valence-corrected chi connectivity index (χ0v) is 12.6. The van der Waals surface area contributed by atoms with Crippen molar-refractivity contribution in [3.05, 3.63) is 41.5 Å². The molecule has 6 heteroatoms. The highest BCUT2D eigenvalue weighted by Gasteiger charge is 2.18. The van der Waals surface area contributed by atoms with Crippen molar-refractivity contribution in [1.29, 1.82) is 0 Å². The lowest BCUT2D eigenvalue weighted by Gasteiger charge is -2.19. The van der Waals surface area contributed by atoms with E-state index in [0.717, 1.165) is 30.3 Å². The monoisotopic (exact) mass is 309 g/mol. The fourth-order valence-electron chi connectivity index (χ4n) is 2.31. The van der Waals surface area contributed by atoms with E-state index in [2.05, 4.69) is 4.90 Å². The third-order valence-corrected chi connectivity index (χ3v) is 5.17. The lowest BCUT2D eigenvalue weighted by Crippen LogP contribution is -2.26. The molecule has 0 radical (unpaired) electrons. The van der Waals surface area contributed by atoms with Crippen LogP contribution in [0.2, 0.25) is 0 Å². The standard InChI is InChI=1S/C15H19NO4S/c17-15(18)7-6-13-2-4-14(5-3-13)12-16-8-1-10-21(19,20)11-9-16/h2-7H,1,8-12H2,(H,17,18)/b7-6+. The Balaban J connectivity index is 1.95. The summed E-state index contributed by atoms with van der Waals surface area (Å²) in [5.74, 6) is -0.459. The summed E-state index contributed by atoms with van der Waals surface area (Å²) in [7, 11) is -2.87. The van der Waals surface area contributed by atoms with Crippen molar-refractivity contribution >= 4 is 21.9 Å². The minimum atomic E-state index is -2.87. The Bertz CT molecular complexity index is 620. The quantitative estimate of drug-likeness (QED) is 0.851. The molecule has 2 rings (SSSR count). The number of benzene rings is 1. The first-order valence-corrected chi connectivity index (χ1v) is 8.69. The van der Waals surface area contributed by atoms with Gasteiger partial charge in [0.15, 0.2) is 9.84 Å². The number of hydrogen-bond donors (Lipinski definition) is 1. The maximum Gasteiger partial charge on any atom is 0.328 e. The molecule has 0 spiro atoms. The predicted molar refractivity (Wildman–Crippen MR) is 81.7 cm³/mol. The minimum absolute atomic E-state index is 0.229. The van der Waals surface area contributed by atoms with Gasteiger partial charge >= 0.3 is 5.97 Å². The zero-order chi connectivity index (χ0) is 15.3. The number of nitrogens with zero attached hydrogens (tertiary/aromatic N) is 1. The van der Waals surface area contributed by atoms with Gasteiger partial charge in [0.2, 0.25) is 0 Å². The van der Waals surface area contributed by atoms with Gasteiger partial charge in [-0.25, -0.2) is 13.2 Å². The molecule has 0 aromatic heterocycles. The average molecular weight is 309 g/mol. The van der Waals surface area contributed by atoms with Crippen molar-refractivity contribution in [1.82, 2.24) is 4.90 Å². The summed E-state index contributed by atoms with van der Waals surface area (Å²) in [5.41, 5.74) is 1.93. The second-order valence-corrected chi connectivity index (χ2v) is 7.50. The van der Waals surface area contributed by atoms with Crippen LogP contribution in [-0.2, 0) is 21.2 Å². The smallest absolute Gasteiger partial charge is 0.328 e. The first-order chi connectivity index (χ1) is 9.94. The molecule has 1 saturated heterocycles. The van der Waals surface area contributed by atoms with Gasteiger partial charge in [0, 0.05) is 19.2 Å². The number of carbonyl (C=O) groups is 1. The van der Waals surface area contributed by atoms with Gasteiger partial charge in [0.1, 0.15) is 0 Å². The zero-order valence-electron chi connectivity index (χ0n) is 11.7. The lowest BCUT2D eigenvalue weighted by molar-refractivity contribution is -0.131. The number of carboxylic acid groups (broad SMARTS) is 1. The van der Waals surface area contributed by atoms with Gasteiger partial charge in [-0.3, -0.25) is 4.90 Å². The lowest BCUT2D eigenvalue weighted by atomic mass is 10.1. The van der Waals surface area contributed by atoms with Gasteiger partial charge in [-0.15, -0.1) is 0 Å². The summed E-state index contributed by atoms with van der Waals surface area (Å²) in [6.07, 6.45) is 3.33. The molecule has 1 N–H and O–H groups in total. The molecule has 1 aliphatic heterocycles. The Kier molecular flexibility index (Phi) is 5.14. The maximum atomic E-state index is 11.6. The first kappa shape index (κ1) is 15.7. The van der Waals surface area contributed by atoms with Gasteiger partial charge in [-0.1, -0.05) is 24.3 Å². The Labute approximate surface area is 124 Å². The molecular weight excluding hydrogens is 290 g/mol. The van der Waals surface area contributed by atoms with Crippen molar-refractivity contribution in [3.8, 4) is 0 Å². The van der Waals surface area contributed by atoms with Gasteiger partial charge in [-0.05, 0) is 30.2 Å². The fraction of sp³-hybridized carbons (Fsp3) is 0.400. The van der Waals surface area contributed by atoms with Gasteiger partial charge in [0.25, 0.3) is 0 Å². The van der Waals surface area contributed by atoms with Crippen molar-refractivity contribution in [3.63, 3.8) is 0 Å². The van der Waals surface area contributed by atoms with Crippen molar-refractivity contribution in [2.75, 3.05) is 24.6 Å². The molecule has 0 bridgehead atoms. The van der Waals surface area contributed by atoms with Gasteiger partial charge in [-0.2, -0.15) is 0 Å². The highest BCUT2D eigenvalue weighted by Crippen LogP contribution is 2.12. The summed E-state index contributed by atoms with van der Waals surface area (Å²) >= 11 is 0. The average Bonchev–Trinajstić information content (AvgIpc) is 2.59. The van der Waals surface area contributed by atoms with E-state index < -0.39 is 15.8 Å². The molecule has 1 aliphatic rings. The fourth-order valence-corrected chi connectivity index (χ4v) is 3.62. The van der Waals surface area contributed by atoms with Gasteiger partial charge < -0.3 is 5.11 Å². The molecular formula is C15H19NO4S. The second-order valence-electron chi connectivity index (χ2n) is 5.19. The molecule has 0 unspecified atom stereocenters. The van der Waals surface area contributed by atoms with E-state index in [0.29, 0.717) is 13.0 Å². The summed E-state index contributed by atoms with van der Waals surface area (Å²) in [6, 6.07) is 7.62. The first-order valence-electron chi connectivity index (χ1n) is 6.87. The normalized spacial score (nSPS) is 19.4. The van der Waals surface area contributed by atoms with Crippen LogP contribution in [0, 0.1) is 0 Å². The molecule has 0 atom stereocenters. The largest absolute Gasteiger partial charge is 0.478 e. The molecule has 0 saturated carbocycles. The number of hydrogen-bond acceptors (Lipinski definition) is 4. The van der Waals surface area contributed by atoms with Crippen LogP contribution in [0.5, 0.6) is 0 Å². The van der Waals surface area contributed by atoms with Crippen LogP contribution >= 0.6 is 0 Å². The molecule has 1 heterocycles. The molecule has 1 fully saturated rings. The Morgan fingerprint density at radius 3 is 2.57 bits per heavy atom. The molecule has 5 nitrogen and oxygen atoms in total. The Morgan fingerprint density at radius 2 is 1.90 bits per heavy atom. The van der Waals surface area contributed by atoms with E-state index in [9.17, 15) is 13.2 Å². The number of rotatable bonds is 4. The van der Waals surface area contributed by atoms with Crippen molar-refractivity contribution < 1.29 is 18.3 Å². The van der Waals surface area contributed by atoms with Crippen LogP contribution in [0.15, 0.2) is 30.3 Å². The highest BCUT2D eigenvalue weighted by molar-refractivity contribution is 7.91. The Morgan fingerprint density at radius 1 is 1.19 bits per heavy atom. The highest BCUT2D eigenvalue weighted by atomic mass is 32.2. The molecule has 0 amide bonds. The number of carboxylic acids is 1.